The Kier molecular flexibility index (Phi) is 5.90. The van der Waals surface area contributed by atoms with Crippen LogP contribution in [0.25, 0.3) is 0 Å². The van der Waals surface area contributed by atoms with Crippen LogP contribution in [0, 0.1) is 0 Å². The molecule has 1 saturated carbocycles. The lowest BCUT2D eigenvalue weighted by atomic mass is 10.0. The summed E-state index contributed by atoms with van der Waals surface area (Å²) in [6, 6.07) is 11.2. The molecule has 0 radical (unpaired) electrons. The van der Waals surface area contributed by atoms with Crippen molar-refractivity contribution in [2.45, 2.75) is 51.5 Å². The van der Waals surface area contributed by atoms with Gasteiger partial charge >= 0.3 is 0 Å². The van der Waals surface area contributed by atoms with E-state index in [4.69, 9.17) is 4.99 Å². The maximum absolute atomic E-state index is 4.75. The quantitative estimate of drug-likeness (QED) is 0.638. The summed E-state index contributed by atoms with van der Waals surface area (Å²) < 4.78 is 0. The molecule has 0 aliphatic heterocycles. The van der Waals surface area contributed by atoms with Crippen LogP contribution in [0.1, 0.15) is 51.0 Å². The van der Waals surface area contributed by atoms with E-state index in [0.717, 1.165) is 19.0 Å². The topological polar surface area (TPSA) is 36.4 Å². The fourth-order valence-electron chi connectivity index (χ4n) is 2.70. The molecule has 1 aromatic rings. The van der Waals surface area contributed by atoms with E-state index < -0.39 is 0 Å². The highest BCUT2D eigenvalue weighted by atomic mass is 15.2. The fraction of sp³-hybridized carbons (Fsp3) is 0.588. The predicted molar refractivity (Wildman–Crippen MR) is 86.2 cm³/mol. The van der Waals surface area contributed by atoms with Crippen molar-refractivity contribution < 1.29 is 0 Å². The van der Waals surface area contributed by atoms with E-state index >= 15 is 0 Å². The maximum Gasteiger partial charge on any atom is 0.191 e. The highest BCUT2D eigenvalue weighted by molar-refractivity contribution is 5.80. The molecule has 1 unspecified atom stereocenters. The number of benzene rings is 1. The van der Waals surface area contributed by atoms with E-state index in [1.165, 1.54) is 31.2 Å². The summed E-state index contributed by atoms with van der Waals surface area (Å²) in [4.78, 5) is 4.75. The molecule has 1 atom stereocenters. The zero-order valence-corrected chi connectivity index (χ0v) is 12.7. The van der Waals surface area contributed by atoms with Gasteiger partial charge in [-0.1, -0.05) is 50.1 Å². The molecule has 1 aliphatic rings. The molecule has 0 spiro atoms. The molecular formula is C17H27N3. The number of nitrogens with one attached hydrogen (secondary N) is 2. The van der Waals surface area contributed by atoms with Crippen molar-refractivity contribution in [2.24, 2.45) is 4.99 Å². The predicted octanol–water partition coefficient (Wildman–Crippen LogP) is 3.29. The first-order valence-corrected chi connectivity index (χ1v) is 7.89. The largest absolute Gasteiger partial charge is 0.357 e. The second-order valence-corrected chi connectivity index (χ2v) is 5.66. The summed E-state index contributed by atoms with van der Waals surface area (Å²) >= 11 is 0. The van der Waals surface area contributed by atoms with E-state index in [-0.39, 0.29) is 0 Å². The van der Waals surface area contributed by atoms with Crippen molar-refractivity contribution in [1.29, 1.82) is 0 Å². The van der Waals surface area contributed by atoms with Gasteiger partial charge in [-0.2, -0.15) is 0 Å². The molecule has 2 rings (SSSR count). The first-order valence-electron chi connectivity index (χ1n) is 7.89. The van der Waals surface area contributed by atoms with Crippen molar-refractivity contribution >= 4 is 5.96 Å². The number of hydrogen-bond donors (Lipinski definition) is 2. The lowest BCUT2D eigenvalue weighted by molar-refractivity contribution is 0.611. The van der Waals surface area contributed by atoms with Gasteiger partial charge in [0.2, 0.25) is 0 Å². The van der Waals surface area contributed by atoms with Crippen LogP contribution in [0.4, 0.5) is 0 Å². The number of hydrogen-bond acceptors (Lipinski definition) is 1. The number of nitrogens with zero attached hydrogens (tertiary/aromatic N) is 1. The van der Waals surface area contributed by atoms with Crippen LogP contribution in [0.15, 0.2) is 35.3 Å². The fourth-order valence-corrected chi connectivity index (χ4v) is 2.70. The molecule has 2 N–H and O–H groups in total. The molecule has 0 amide bonds. The van der Waals surface area contributed by atoms with Gasteiger partial charge in [-0.25, -0.2) is 0 Å². The first kappa shape index (κ1) is 14.9. The van der Waals surface area contributed by atoms with Crippen LogP contribution in [-0.2, 0) is 0 Å². The third-order valence-corrected chi connectivity index (χ3v) is 3.93. The Bertz CT molecular complexity index is 408. The molecule has 110 valence electrons. The van der Waals surface area contributed by atoms with Crippen molar-refractivity contribution in [3.63, 3.8) is 0 Å². The molecule has 0 bridgehead atoms. The Morgan fingerprint density at radius 1 is 1.25 bits per heavy atom. The molecular weight excluding hydrogens is 246 g/mol. The van der Waals surface area contributed by atoms with Crippen molar-refractivity contribution in [1.82, 2.24) is 10.6 Å². The Labute approximate surface area is 122 Å². The lowest BCUT2D eigenvalue weighted by Crippen LogP contribution is -2.42. The third kappa shape index (κ3) is 4.55. The highest BCUT2D eigenvalue weighted by Crippen LogP contribution is 2.18. The van der Waals surface area contributed by atoms with E-state index in [0.29, 0.717) is 12.0 Å². The third-order valence-electron chi connectivity index (χ3n) is 3.93. The SMILES string of the molecule is CCNC(=NCC(C)c1ccccc1)NC1CCCC1. The van der Waals surface area contributed by atoms with Gasteiger partial charge in [-0.15, -0.1) is 0 Å². The molecule has 1 aliphatic carbocycles. The smallest absolute Gasteiger partial charge is 0.191 e. The standard InChI is InChI=1S/C17H27N3/c1-3-18-17(20-16-11-7-8-12-16)19-13-14(2)15-9-5-4-6-10-15/h4-6,9-10,14,16H,3,7-8,11-13H2,1-2H3,(H2,18,19,20). The van der Waals surface area contributed by atoms with Gasteiger partial charge in [-0.3, -0.25) is 4.99 Å². The lowest BCUT2D eigenvalue weighted by Gasteiger charge is -2.17. The second kappa shape index (κ2) is 7.93. The highest BCUT2D eigenvalue weighted by Gasteiger charge is 2.16. The van der Waals surface area contributed by atoms with E-state index in [2.05, 4.69) is 54.8 Å². The Morgan fingerprint density at radius 3 is 2.60 bits per heavy atom. The number of rotatable bonds is 5. The summed E-state index contributed by atoms with van der Waals surface area (Å²) in [6.07, 6.45) is 5.24. The van der Waals surface area contributed by atoms with Crippen LogP contribution in [0.2, 0.25) is 0 Å². The molecule has 0 saturated heterocycles. The zero-order valence-electron chi connectivity index (χ0n) is 12.7. The van der Waals surface area contributed by atoms with Crippen LogP contribution in [0.3, 0.4) is 0 Å². The van der Waals surface area contributed by atoms with Gasteiger partial charge in [0.25, 0.3) is 0 Å². The number of aliphatic imine (C=N–C) groups is 1. The monoisotopic (exact) mass is 273 g/mol. The van der Waals surface area contributed by atoms with Gasteiger partial charge in [0.1, 0.15) is 0 Å². The summed E-state index contributed by atoms with van der Waals surface area (Å²) in [5.41, 5.74) is 1.35. The molecule has 3 nitrogen and oxygen atoms in total. The van der Waals surface area contributed by atoms with E-state index in [1.54, 1.807) is 0 Å². The average molecular weight is 273 g/mol. The number of guanidine groups is 1. The minimum Gasteiger partial charge on any atom is -0.357 e. The molecule has 1 aromatic carbocycles. The average Bonchev–Trinajstić information content (AvgIpc) is 2.98. The van der Waals surface area contributed by atoms with Gasteiger partial charge in [0.15, 0.2) is 5.96 Å². The first-order chi connectivity index (χ1) is 9.79. The van der Waals surface area contributed by atoms with E-state index in [9.17, 15) is 0 Å². The second-order valence-electron chi connectivity index (χ2n) is 5.66. The van der Waals surface area contributed by atoms with Crippen molar-refractivity contribution in [3.05, 3.63) is 35.9 Å². The van der Waals surface area contributed by atoms with E-state index in [1.807, 2.05) is 0 Å². The molecule has 3 heteroatoms. The van der Waals surface area contributed by atoms with Crippen LogP contribution in [-0.4, -0.2) is 25.1 Å². The minimum atomic E-state index is 0.454. The summed E-state index contributed by atoms with van der Waals surface area (Å²) in [5.74, 6) is 1.43. The van der Waals surface area contributed by atoms with Gasteiger partial charge in [-0.05, 0) is 25.3 Å². The Morgan fingerprint density at radius 2 is 1.95 bits per heavy atom. The molecule has 20 heavy (non-hydrogen) atoms. The Hall–Kier alpha value is -1.51. The van der Waals surface area contributed by atoms with Gasteiger partial charge in [0, 0.05) is 25.0 Å². The zero-order chi connectivity index (χ0) is 14.2. The molecule has 0 aromatic heterocycles. The van der Waals surface area contributed by atoms with Crippen LogP contribution >= 0.6 is 0 Å². The van der Waals surface area contributed by atoms with Crippen molar-refractivity contribution in [3.8, 4) is 0 Å². The Balaban J connectivity index is 1.90. The summed E-state index contributed by atoms with van der Waals surface area (Å²) in [5, 5.41) is 6.92. The summed E-state index contributed by atoms with van der Waals surface area (Å²) in [7, 11) is 0. The maximum atomic E-state index is 4.75. The minimum absolute atomic E-state index is 0.454. The molecule has 1 fully saturated rings. The van der Waals surface area contributed by atoms with Crippen LogP contribution < -0.4 is 10.6 Å². The summed E-state index contributed by atoms with van der Waals surface area (Å²) in [6.45, 7) is 6.09. The van der Waals surface area contributed by atoms with Crippen LogP contribution in [0.5, 0.6) is 0 Å². The van der Waals surface area contributed by atoms with Gasteiger partial charge in [0.05, 0.1) is 0 Å². The molecule has 0 heterocycles. The van der Waals surface area contributed by atoms with Gasteiger partial charge < -0.3 is 10.6 Å². The van der Waals surface area contributed by atoms with Crippen molar-refractivity contribution in [2.75, 3.05) is 13.1 Å². The normalized spacial score (nSPS) is 18.0.